The van der Waals surface area contributed by atoms with Gasteiger partial charge in [0.05, 0.1) is 5.25 Å². The van der Waals surface area contributed by atoms with Crippen molar-refractivity contribution in [2.45, 2.75) is 30.6 Å². The monoisotopic (exact) mass is 335 g/mol. The average molecular weight is 335 g/mol. The van der Waals surface area contributed by atoms with E-state index in [0.717, 1.165) is 6.26 Å². The molecule has 1 aromatic carbocycles. The van der Waals surface area contributed by atoms with Crippen molar-refractivity contribution >= 4 is 15.7 Å². The third-order valence-electron chi connectivity index (χ3n) is 4.02. The van der Waals surface area contributed by atoms with Crippen LogP contribution in [0.15, 0.2) is 12.1 Å². The molecule has 0 N–H and O–H groups in total. The lowest BCUT2D eigenvalue weighted by molar-refractivity contribution is 0.0736. The number of benzene rings is 1. The van der Waals surface area contributed by atoms with Gasteiger partial charge in [0.1, 0.15) is 0 Å². The molecule has 2 rings (SSSR count). The largest absolute Gasteiger partial charge is 0.337 e. The Bertz CT molecular complexity index is 682. The number of hydrogen-bond donors (Lipinski definition) is 0. The predicted molar refractivity (Wildman–Crippen MR) is 74.7 cm³/mol. The molecule has 0 aromatic heterocycles. The van der Waals surface area contributed by atoms with Crippen LogP contribution in [0.4, 0.5) is 13.2 Å². The summed E-state index contributed by atoms with van der Waals surface area (Å²) in [6, 6.07) is 0.669. The van der Waals surface area contributed by atoms with Crippen LogP contribution in [0.3, 0.4) is 0 Å². The summed E-state index contributed by atoms with van der Waals surface area (Å²) in [5.74, 6) is -5.29. The number of amides is 1. The molecule has 1 aromatic rings. The zero-order valence-corrected chi connectivity index (χ0v) is 13.0. The van der Waals surface area contributed by atoms with Crippen LogP contribution in [0.5, 0.6) is 0 Å². The zero-order chi connectivity index (χ0) is 16.7. The highest BCUT2D eigenvalue weighted by atomic mass is 32.2. The Morgan fingerprint density at radius 2 is 1.73 bits per heavy atom. The van der Waals surface area contributed by atoms with Gasteiger partial charge < -0.3 is 4.90 Å². The lowest BCUT2D eigenvalue weighted by Gasteiger charge is -2.29. The van der Waals surface area contributed by atoms with E-state index in [2.05, 4.69) is 0 Å². The van der Waals surface area contributed by atoms with Gasteiger partial charge in [-0.25, -0.2) is 21.6 Å². The smallest absolute Gasteiger partial charge is 0.254 e. The van der Waals surface area contributed by atoms with Gasteiger partial charge in [0, 0.05) is 24.9 Å². The maximum Gasteiger partial charge on any atom is 0.254 e. The molecule has 0 radical (unpaired) electrons. The Morgan fingerprint density at radius 3 is 2.23 bits per heavy atom. The molecular weight excluding hydrogens is 319 g/mol. The van der Waals surface area contributed by atoms with Gasteiger partial charge >= 0.3 is 0 Å². The van der Waals surface area contributed by atoms with Gasteiger partial charge in [-0.1, -0.05) is 0 Å². The lowest BCUT2D eigenvalue weighted by atomic mass is 10.1. The molecule has 2 atom stereocenters. The van der Waals surface area contributed by atoms with E-state index in [1.807, 2.05) is 0 Å². The summed E-state index contributed by atoms with van der Waals surface area (Å²) in [7, 11) is -1.95. The Hall–Kier alpha value is -1.57. The van der Waals surface area contributed by atoms with Crippen LogP contribution >= 0.6 is 0 Å². The number of carbonyl (C=O) groups excluding carboxylic acids is 1. The van der Waals surface area contributed by atoms with Gasteiger partial charge in [-0.15, -0.1) is 0 Å². The first-order chi connectivity index (χ1) is 10.1. The van der Waals surface area contributed by atoms with Crippen LogP contribution in [0.1, 0.15) is 29.6 Å². The number of carbonyl (C=O) groups is 1. The molecular formula is C14H16F3NO3S. The topological polar surface area (TPSA) is 54.5 Å². The number of sulfone groups is 1. The van der Waals surface area contributed by atoms with Crippen molar-refractivity contribution in [3.63, 3.8) is 0 Å². The van der Waals surface area contributed by atoms with Crippen molar-refractivity contribution in [2.24, 2.45) is 0 Å². The molecule has 1 aliphatic rings. The molecule has 0 spiro atoms. The molecule has 1 saturated carbocycles. The summed E-state index contributed by atoms with van der Waals surface area (Å²) in [4.78, 5) is 13.5. The first-order valence-electron chi connectivity index (χ1n) is 6.73. The number of rotatable bonds is 3. The van der Waals surface area contributed by atoms with Gasteiger partial charge in [0.25, 0.3) is 5.91 Å². The van der Waals surface area contributed by atoms with E-state index < -0.39 is 44.5 Å². The van der Waals surface area contributed by atoms with Crippen molar-refractivity contribution in [3.8, 4) is 0 Å². The van der Waals surface area contributed by atoms with E-state index in [1.165, 1.54) is 11.9 Å². The van der Waals surface area contributed by atoms with Gasteiger partial charge in [0.2, 0.25) is 0 Å². The molecule has 1 fully saturated rings. The van der Waals surface area contributed by atoms with Crippen molar-refractivity contribution in [1.82, 2.24) is 4.90 Å². The highest BCUT2D eigenvalue weighted by Crippen LogP contribution is 2.29. The minimum Gasteiger partial charge on any atom is -0.337 e. The van der Waals surface area contributed by atoms with Crippen LogP contribution in [-0.4, -0.2) is 43.8 Å². The molecule has 122 valence electrons. The fraction of sp³-hybridized carbons (Fsp3) is 0.500. The Balaban J connectivity index is 2.30. The maximum absolute atomic E-state index is 13.2. The molecule has 0 heterocycles. The van der Waals surface area contributed by atoms with Gasteiger partial charge in [-0.3, -0.25) is 4.79 Å². The van der Waals surface area contributed by atoms with Crippen LogP contribution in [0.2, 0.25) is 0 Å². The summed E-state index contributed by atoms with van der Waals surface area (Å²) >= 11 is 0. The highest BCUT2D eigenvalue weighted by molar-refractivity contribution is 7.91. The van der Waals surface area contributed by atoms with Crippen molar-refractivity contribution in [1.29, 1.82) is 0 Å². The standard InChI is InChI=1S/C14H16F3NO3S/c1-18(11-4-3-5-12(11)22(2,20)21)14(19)8-6-9(15)13(17)10(16)7-8/h6-7,11-12H,3-5H2,1-2H3/t11-,12+/m0/s1. The summed E-state index contributed by atoms with van der Waals surface area (Å²) in [5, 5.41) is -0.698. The van der Waals surface area contributed by atoms with Crippen molar-refractivity contribution < 1.29 is 26.4 Å². The molecule has 0 aliphatic heterocycles. The van der Waals surface area contributed by atoms with Crippen LogP contribution in [0, 0.1) is 17.5 Å². The Labute approximate surface area is 126 Å². The van der Waals surface area contributed by atoms with E-state index in [1.54, 1.807) is 0 Å². The minimum atomic E-state index is -3.34. The lowest BCUT2D eigenvalue weighted by Crippen LogP contribution is -2.44. The predicted octanol–water partition coefficient (Wildman–Crippen LogP) is 2.14. The normalized spacial score (nSPS) is 21.9. The maximum atomic E-state index is 13.2. The fourth-order valence-electron chi connectivity index (χ4n) is 2.88. The number of nitrogens with zero attached hydrogens (tertiary/aromatic N) is 1. The second-order valence-corrected chi connectivity index (χ2v) is 7.80. The minimum absolute atomic E-state index is 0.349. The zero-order valence-electron chi connectivity index (χ0n) is 12.1. The summed E-state index contributed by atoms with van der Waals surface area (Å²) in [6.45, 7) is 0. The Kier molecular flexibility index (Phi) is 4.51. The second-order valence-electron chi connectivity index (χ2n) is 5.54. The summed E-state index contributed by atoms with van der Waals surface area (Å²) in [5.41, 5.74) is -0.349. The van der Waals surface area contributed by atoms with Crippen LogP contribution in [-0.2, 0) is 9.84 Å². The fourth-order valence-corrected chi connectivity index (χ4v) is 4.37. The molecule has 0 bridgehead atoms. The molecule has 8 heteroatoms. The van der Waals surface area contributed by atoms with Crippen molar-refractivity contribution in [3.05, 3.63) is 35.1 Å². The molecule has 1 aliphatic carbocycles. The Morgan fingerprint density at radius 1 is 1.18 bits per heavy atom. The third-order valence-corrected chi connectivity index (χ3v) is 5.67. The van der Waals surface area contributed by atoms with E-state index in [4.69, 9.17) is 0 Å². The number of hydrogen-bond acceptors (Lipinski definition) is 3. The van der Waals surface area contributed by atoms with E-state index in [9.17, 15) is 26.4 Å². The highest BCUT2D eigenvalue weighted by Gasteiger charge is 2.39. The van der Waals surface area contributed by atoms with E-state index in [-0.39, 0.29) is 5.56 Å². The van der Waals surface area contributed by atoms with E-state index >= 15 is 0 Å². The molecule has 1 amide bonds. The van der Waals surface area contributed by atoms with Gasteiger partial charge in [-0.2, -0.15) is 0 Å². The average Bonchev–Trinajstić information content (AvgIpc) is 2.92. The summed E-state index contributed by atoms with van der Waals surface area (Å²) < 4.78 is 62.9. The first kappa shape index (κ1) is 16.8. The molecule has 4 nitrogen and oxygen atoms in total. The van der Waals surface area contributed by atoms with Gasteiger partial charge in [-0.05, 0) is 31.4 Å². The first-order valence-corrected chi connectivity index (χ1v) is 8.69. The number of halogens is 3. The second kappa shape index (κ2) is 5.91. The molecule has 0 saturated heterocycles. The quantitative estimate of drug-likeness (QED) is 0.795. The van der Waals surface area contributed by atoms with Crippen LogP contribution < -0.4 is 0 Å². The van der Waals surface area contributed by atoms with Crippen LogP contribution in [0.25, 0.3) is 0 Å². The van der Waals surface area contributed by atoms with Gasteiger partial charge in [0.15, 0.2) is 27.3 Å². The summed E-state index contributed by atoms with van der Waals surface area (Å²) in [6.07, 6.45) is 2.68. The SMILES string of the molecule is CN(C(=O)c1cc(F)c(F)c(F)c1)[C@H]1CCC[C@H]1S(C)(=O)=O. The third kappa shape index (κ3) is 3.11. The van der Waals surface area contributed by atoms with E-state index in [0.29, 0.717) is 31.4 Å². The van der Waals surface area contributed by atoms with Crippen molar-refractivity contribution in [2.75, 3.05) is 13.3 Å². The molecule has 0 unspecified atom stereocenters. The molecule has 22 heavy (non-hydrogen) atoms.